The van der Waals surface area contributed by atoms with Crippen molar-refractivity contribution < 1.29 is 18.0 Å². The van der Waals surface area contributed by atoms with Crippen molar-refractivity contribution in [2.45, 2.75) is 12.1 Å². The zero-order chi connectivity index (χ0) is 22.7. The smallest absolute Gasteiger partial charge is 0.305 e. The van der Waals surface area contributed by atoms with Crippen LogP contribution in [0.2, 0.25) is 0 Å². The van der Waals surface area contributed by atoms with Crippen LogP contribution in [0.3, 0.4) is 0 Å². The van der Waals surface area contributed by atoms with E-state index in [0.29, 0.717) is 15.8 Å². The van der Waals surface area contributed by atoms with Crippen molar-refractivity contribution in [1.82, 2.24) is 25.0 Å². The lowest BCUT2D eigenvalue weighted by Gasteiger charge is -2.09. The molecule has 0 atom stereocenters. The Hall–Kier alpha value is -3.79. The minimum atomic E-state index is -4.67. The van der Waals surface area contributed by atoms with Gasteiger partial charge in [-0.2, -0.15) is 18.3 Å². The Bertz CT molecular complexity index is 1240. The minimum Gasteiger partial charge on any atom is -0.305 e. The maximum Gasteiger partial charge on any atom is 0.433 e. The number of carbonyl (C=O) groups is 1. The van der Waals surface area contributed by atoms with Crippen molar-refractivity contribution in [3.05, 3.63) is 83.8 Å². The second kappa shape index (κ2) is 8.75. The van der Waals surface area contributed by atoms with E-state index in [1.54, 1.807) is 36.4 Å². The Balaban J connectivity index is 1.61. The number of benzene rings is 1. The van der Waals surface area contributed by atoms with Crippen LogP contribution in [0.15, 0.2) is 67.0 Å². The number of pyridine rings is 1. The van der Waals surface area contributed by atoms with E-state index in [1.165, 1.54) is 24.5 Å². The van der Waals surface area contributed by atoms with Crippen LogP contribution < -0.4 is 5.32 Å². The Labute approximate surface area is 184 Å². The number of rotatable bonds is 5. The van der Waals surface area contributed by atoms with Crippen molar-refractivity contribution in [1.29, 1.82) is 0 Å². The summed E-state index contributed by atoms with van der Waals surface area (Å²) < 4.78 is 41.4. The molecule has 0 unspecified atom stereocenters. The van der Waals surface area contributed by atoms with Crippen LogP contribution in [0, 0.1) is 0 Å². The average molecular weight is 459 g/mol. The first-order chi connectivity index (χ1) is 15.3. The summed E-state index contributed by atoms with van der Waals surface area (Å²) in [6.45, 7) is 0. The van der Waals surface area contributed by atoms with Gasteiger partial charge in [0.25, 0.3) is 5.91 Å². The van der Waals surface area contributed by atoms with Gasteiger partial charge < -0.3 is 5.32 Å². The molecule has 0 saturated heterocycles. The number of hydrogen-bond acceptors (Lipinski definition) is 5. The number of hydrogen-bond donors (Lipinski definition) is 1. The molecule has 1 amide bonds. The third-order valence-electron chi connectivity index (χ3n) is 4.41. The standard InChI is InChI=1S/C21H14ClF3N6O/c22-11-13-3-1-4-14(9-13)20(32)27-18-6-7-19(29-28-18)31-17(21(23,24)25)10-16(30-31)15-5-2-8-26-12-15/h1-10,12H,11H2,(H,27,28,32). The summed E-state index contributed by atoms with van der Waals surface area (Å²) in [5.74, 6) is -0.284. The summed E-state index contributed by atoms with van der Waals surface area (Å²) in [6, 6.07) is 13.4. The molecule has 0 fully saturated rings. The highest BCUT2D eigenvalue weighted by Gasteiger charge is 2.37. The van der Waals surface area contributed by atoms with E-state index in [4.69, 9.17) is 11.6 Å². The van der Waals surface area contributed by atoms with Gasteiger partial charge in [0, 0.05) is 29.4 Å². The molecule has 7 nitrogen and oxygen atoms in total. The fourth-order valence-electron chi connectivity index (χ4n) is 2.90. The molecule has 0 aliphatic heterocycles. The highest BCUT2D eigenvalue weighted by atomic mass is 35.5. The van der Waals surface area contributed by atoms with E-state index in [-0.39, 0.29) is 23.2 Å². The van der Waals surface area contributed by atoms with E-state index >= 15 is 0 Å². The Morgan fingerprint density at radius 1 is 1.06 bits per heavy atom. The van der Waals surface area contributed by atoms with Crippen molar-refractivity contribution in [2.24, 2.45) is 0 Å². The van der Waals surface area contributed by atoms with Gasteiger partial charge in [0.05, 0.1) is 5.69 Å². The number of aromatic nitrogens is 5. The second-order valence-corrected chi connectivity index (χ2v) is 6.90. The molecule has 3 heterocycles. The molecule has 0 saturated carbocycles. The quantitative estimate of drug-likeness (QED) is 0.437. The Kier molecular flexibility index (Phi) is 5.87. The van der Waals surface area contributed by atoms with E-state index < -0.39 is 17.8 Å². The lowest BCUT2D eigenvalue weighted by molar-refractivity contribution is -0.142. The predicted molar refractivity (Wildman–Crippen MR) is 111 cm³/mol. The lowest BCUT2D eigenvalue weighted by atomic mass is 10.1. The molecule has 0 bridgehead atoms. The maximum absolute atomic E-state index is 13.6. The molecule has 162 valence electrons. The first-order valence-electron chi connectivity index (χ1n) is 9.23. The van der Waals surface area contributed by atoms with Crippen LogP contribution in [-0.2, 0) is 12.1 Å². The van der Waals surface area contributed by atoms with Crippen LogP contribution in [0.5, 0.6) is 0 Å². The zero-order valence-electron chi connectivity index (χ0n) is 16.2. The van der Waals surface area contributed by atoms with Crippen LogP contribution in [0.25, 0.3) is 17.1 Å². The third-order valence-corrected chi connectivity index (χ3v) is 4.72. The molecule has 0 spiro atoms. The van der Waals surface area contributed by atoms with Gasteiger partial charge in [-0.25, -0.2) is 4.68 Å². The monoisotopic (exact) mass is 458 g/mol. The van der Waals surface area contributed by atoms with Crippen molar-refractivity contribution >= 4 is 23.3 Å². The number of carbonyl (C=O) groups excluding carboxylic acids is 1. The second-order valence-electron chi connectivity index (χ2n) is 6.63. The van der Waals surface area contributed by atoms with Crippen LogP contribution in [0.4, 0.5) is 19.0 Å². The molecule has 11 heteroatoms. The van der Waals surface area contributed by atoms with Crippen LogP contribution in [0.1, 0.15) is 21.6 Å². The van der Waals surface area contributed by atoms with Crippen LogP contribution in [-0.4, -0.2) is 30.9 Å². The van der Waals surface area contributed by atoms with Gasteiger partial charge in [0.2, 0.25) is 0 Å². The fourth-order valence-corrected chi connectivity index (χ4v) is 3.07. The van der Waals surface area contributed by atoms with Crippen molar-refractivity contribution in [3.63, 3.8) is 0 Å². The first-order valence-corrected chi connectivity index (χ1v) is 9.76. The fraction of sp³-hybridized carbons (Fsp3) is 0.0952. The first kappa shape index (κ1) is 21.4. The molecule has 4 aromatic rings. The van der Waals surface area contributed by atoms with Crippen LogP contribution >= 0.6 is 11.6 Å². The van der Waals surface area contributed by atoms with E-state index in [0.717, 1.165) is 11.6 Å². The van der Waals surface area contributed by atoms with Crippen molar-refractivity contribution in [2.75, 3.05) is 5.32 Å². The number of alkyl halides is 4. The SMILES string of the molecule is O=C(Nc1ccc(-n2nc(-c3cccnc3)cc2C(F)(F)F)nn1)c1cccc(CCl)c1. The summed E-state index contributed by atoms with van der Waals surface area (Å²) >= 11 is 5.78. The van der Waals surface area contributed by atoms with Crippen molar-refractivity contribution in [3.8, 4) is 17.1 Å². The molecule has 0 aliphatic rings. The largest absolute Gasteiger partial charge is 0.433 e. The lowest BCUT2D eigenvalue weighted by Crippen LogP contribution is -2.16. The predicted octanol–water partition coefficient (Wildman–Crippen LogP) is 4.73. The summed E-state index contributed by atoms with van der Waals surface area (Å²) in [7, 11) is 0. The normalized spacial score (nSPS) is 11.4. The molecule has 3 aromatic heterocycles. The summed E-state index contributed by atoms with van der Waals surface area (Å²) in [5.41, 5.74) is 0.627. The van der Waals surface area contributed by atoms with E-state index in [1.807, 2.05) is 0 Å². The topological polar surface area (TPSA) is 85.6 Å². The molecule has 0 radical (unpaired) electrons. The number of nitrogens with one attached hydrogen (secondary N) is 1. The third kappa shape index (κ3) is 4.59. The highest BCUT2D eigenvalue weighted by molar-refractivity contribution is 6.17. The number of nitrogens with zero attached hydrogens (tertiary/aromatic N) is 5. The number of halogens is 4. The number of anilines is 1. The van der Waals surface area contributed by atoms with Gasteiger partial charge in [-0.05, 0) is 48.0 Å². The molecule has 1 aromatic carbocycles. The molecule has 4 rings (SSSR count). The Morgan fingerprint density at radius 3 is 2.56 bits per heavy atom. The number of amides is 1. The summed E-state index contributed by atoms with van der Waals surface area (Å²) in [6.07, 6.45) is -1.75. The average Bonchev–Trinajstić information content (AvgIpc) is 3.26. The molecular weight excluding hydrogens is 445 g/mol. The van der Waals surface area contributed by atoms with E-state index in [9.17, 15) is 18.0 Å². The summed E-state index contributed by atoms with van der Waals surface area (Å²) in [4.78, 5) is 16.3. The highest BCUT2D eigenvalue weighted by Crippen LogP contribution is 2.33. The maximum atomic E-state index is 13.6. The van der Waals surface area contributed by atoms with Gasteiger partial charge in [-0.1, -0.05) is 12.1 Å². The van der Waals surface area contributed by atoms with E-state index in [2.05, 4.69) is 25.6 Å². The van der Waals surface area contributed by atoms with Gasteiger partial charge in [-0.3, -0.25) is 9.78 Å². The molecule has 0 aliphatic carbocycles. The Morgan fingerprint density at radius 2 is 1.91 bits per heavy atom. The molecular formula is C21H14ClF3N6O. The summed E-state index contributed by atoms with van der Waals surface area (Å²) in [5, 5.41) is 14.2. The zero-order valence-corrected chi connectivity index (χ0v) is 17.0. The van der Waals surface area contributed by atoms with Gasteiger partial charge in [-0.15, -0.1) is 21.8 Å². The minimum absolute atomic E-state index is 0.0724. The molecule has 32 heavy (non-hydrogen) atoms. The van der Waals surface area contributed by atoms with Gasteiger partial charge >= 0.3 is 6.18 Å². The van der Waals surface area contributed by atoms with Gasteiger partial charge in [0.15, 0.2) is 17.3 Å². The van der Waals surface area contributed by atoms with Gasteiger partial charge in [0.1, 0.15) is 0 Å². The molecule has 1 N–H and O–H groups in total.